The van der Waals surface area contributed by atoms with Gasteiger partial charge in [0.1, 0.15) is 5.82 Å². The fraction of sp³-hybridized carbons (Fsp3) is 0.0833. The first-order chi connectivity index (χ1) is 9.11. The van der Waals surface area contributed by atoms with E-state index >= 15 is 0 Å². The van der Waals surface area contributed by atoms with E-state index in [2.05, 4.69) is 19.9 Å². The summed E-state index contributed by atoms with van der Waals surface area (Å²) in [5.41, 5.74) is 6.78. The molecular weight excluding hydrogens is 266 g/mol. The molecule has 0 aliphatic heterocycles. The molecule has 0 bridgehead atoms. The van der Waals surface area contributed by atoms with Crippen LogP contribution in [0.4, 0.5) is 5.95 Å². The number of aromatic amines is 2. The van der Waals surface area contributed by atoms with Crippen LogP contribution in [0.1, 0.15) is 11.4 Å². The fourth-order valence-electron chi connectivity index (χ4n) is 1.90. The molecule has 6 nitrogen and oxygen atoms in total. The molecule has 0 spiro atoms. The number of aromatic nitrogens is 4. The molecule has 2 heterocycles. The van der Waals surface area contributed by atoms with Gasteiger partial charge in [0.15, 0.2) is 11.2 Å². The molecule has 0 aliphatic rings. The van der Waals surface area contributed by atoms with Gasteiger partial charge in [-0.3, -0.25) is 9.78 Å². The van der Waals surface area contributed by atoms with E-state index < -0.39 is 0 Å². The van der Waals surface area contributed by atoms with Crippen LogP contribution < -0.4 is 11.3 Å². The van der Waals surface area contributed by atoms with Gasteiger partial charge in [-0.1, -0.05) is 23.7 Å². The number of anilines is 1. The lowest BCUT2D eigenvalue weighted by Gasteiger charge is -1.98. The second kappa shape index (κ2) is 4.40. The van der Waals surface area contributed by atoms with Gasteiger partial charge in [-0.05, 0) is 17.7 Å². The molecule has 0 amide bonds. The first-order valence-electron chi connectivity index (χ1n) is 5.60. The van der Waals surface area contributed by atoms with E-state index in [-0.39, 0.29) is 11.5 Å². The molecule has 0 unspecified atom stereocenters. The van der Waals surface area contributed by atoms with Crippen LogP contribution in [0, 0.1) is 0 Å². The maximum absolute atomic E-state index is 11.7. The standard InChI is InChI=1S/C12H10ClN5O/c13-7-3-1-2-6(4-7)5-8-15-9-10(16-8)17-12(14)18-11(9)19/h1-4H,5H2,(H4,14,15,16,17,18,19). The maximum Gasteiger partial charge on any atom is 0.278 e. The summed E-state index contributed by atoms with van der Waals surface area (Å²) in [6, 6.07) is 7.45. The highest BCUT2D eigenvalue weighted by molar-refractivity contribution is 6.30. The third kappa shape index (κ3) is 2.30. The number of rotatable bonds is 2. The largest absolute Gasteiger partial charge is 0.369 e. The molecule has 96 valence electrons. The summed E-state index contributed by atoms with van der Waals surface area (Å²) >= 11 is 5.92. The summed E-state index contributed by atoms with van der Waals surface area (Å²) < 4.78 is 0. The maximum atomic E-state index is 11.7. The van der Waals surface area contributed by atoms with Crippen LogP contribution in [0.3, 0.4) is 0 Å². The Kier molecular flexibility index (Phi) is 2.72. The minimum atomic E-state index is -0.327. The zero-order chi connectivity index (χ0) is 13.4. The number of benzene rings is 1. The van der Waals surface area contributed by atoms with Crippen LogP contribution in [0.5, 0.6) is 0 Å². The second-order valence-electron chi connectivity index (χ2n) is 4.14. The summed E-state index contributed by atoms with van der Waals surface area (Å²) in [5.74, 6) is 0.694. The molecule has 0 saturated heterocycles. The van der Waals surface area contributed by atoms with Gasteiger partial charge in [0.2, 0.25) is 5.95 Å². The van der Waals surface area contributed by atoms with Gasteiger partial charge < -0.3 is 10.7 Å². The number of imidazole rings is 1. The van der Waals surface area contributed by atoms with E-state index in [0.717, 1.165) is 5.56 Å². The van der Waals surface area contributed by atoms with Crippen molar-refractivity contribution in [2.75, 3.05) is 5.73 Å². The highest BCUT2D eigenvalue weighted by atomic mass is 35.5. The molecule has 4 N–H and O–H groups in total. The molecule has 3 aromatic rings. The van der Waals surface area contributed by atoms with Gasteiger partial charge in [0, 0.05) is 11.4 Å². The predicted octanol–water partition coefficient (Wildman–Crippen LogP) is 1.47. The Balaban J connectivity index is 2.02. The van der Waals surface area contributed by atoms with Crippen molar-refractivity contribution in [3.8, 4) is 0 Å². The van der Waals surface area contributed by atoms with E-state index in [9.17, 15) is 4.79 Å². The van der Waals surface area contributed by atoms with Crippen molar-refractivity contribution < 1.29 is 0 Å². The highest BCUT2D eigenvalue weighted by Crippen LogP contribution is 2.14. The summed E-state index contributed by atoms with van der Waals surface area (Å²) in [6.07, 6.45) is 0.538. The zero-order valence-electron chi connectivity index (χ0n) is 9.77. The van der Waals surface area contributed by atoms with Gasteiger partial charge in [0.05, 0.1) is 0 Å². The zero-order valence-corrected chi connectivity index (χ0v) is 10.5. The lowest BCUT2D eigenvalue weighted by molar-refractivity contribution is 1.03. The molecule has 0 fully saturated rings. The molecule has 0 atom stereocenters. The normalized spacial score (nSPS) is 11.0. The molecule has 0 aliphatic carbocycles. The number of nitrogens with two attached hydrogens (primary N) is 1. The summed E-state index contributed by atoms with van der Waals surface area (Å²) in [7, 11) is 0. The average Bonchev–Trinajstić information content (AvgIpc) is 2.71. The smallest absolute Gasteiger partial charge is 0.278 e. The second-order valence-corrected chi connectivity index (χ2v) is 4.58. The minimum Gasteiger partial charge on any atom is -0.369 e. The molecule has 0 radical (unpaired) electrons. The molecule has 2 aromatic heterocycles. The molecule has 0 saturated carbocycles. The Hall–Kier alpha value is -2.34. The van der Waals surface area contributed by atoms with E-state index in [1.165, 1.54) is 0 Å². The number of halogens is 1. The monoisotopic (exact) mass is 275 g/mol. The molecule has 1 aromatic carbocycles. The molecular formula is C12H10ClN5O. The summed E-state index contributed by atoms with van der Waals surface area (Å²) in [4.78, 5) is 25.2. The number of nitrogens with one attached hydrogen (secondary N) is 2. The first kappa shape index (κ1) is 11.7. The Morgan fingerprint density at radius 3 is 2.89 bits per heavy atom. The van der Waals surface area contributed by atoms with Gasteiger partial charge in [-0.25, -0.2) is 4.98 Å². The SMILES string of the molecule is Nc1nc2nc(Cc3cccc(Cl)c3)[nH]c2c(=O)[nH]1. The molecule has 19 heavy (non-hydrogen) atoms. The van der Waals surface area contributed by atoms with Crippen LogP contribution in [0.2, 0.25) is 5.02 Å². The Labute approximate surface area is 112 Å². The van der Waals surface area contributed by atoms with Crippen molar-refractivity contribution in [3.63, 3.8) is 0 Å². The van der Waals surface area contributed by atoms with Gasteiger partial charge in [0.25, 0.3) is 5.56 Å². The number of H-pyrrole nitrogens is 2. The Bertz CT molecular complexity index is 807. The van der Waals surface area contributed by atoms with Crippen molar-refractivity contribution in [2.45, 2.75) is 6.42 Å². The number of nitrogen functional groups attached to an aromatic ring is 1. The van der Waals surface area contributed by atoms with Gasteiger partial charge in [-0.15, -0.1) is 0 Å². The fourth-order valence-corrected chi connectivity index (χ4v) is 2.11. The van der Waals surface area contributed by atoms with Crippen LogP contribution in [-0.2, 0) is 6.42 Å². The Morgan fingerprint density at radius 2 is 2.11 bits per heavy atom. The van der Waals surface area contributed by atoms with Crippen LogP contribution in [-0.4, -0.2) is 19.9 Å². The van der Waals surface area contributed by atoms with Gasteiger partial charge >= 0.3 is 0 Å². The number of hydrogen-bond acceptors (Lipinski definition) is 4. The number of hydrogen-bond donors (Lipinski definition) is 3. The molecule has 3 rings (SSSR count). The van der Waals surface area contributed by atoms with Crippen LogP contribution in [0.15, 0.2) is 29.1 Å². The van der Waals surface area contributed by atoms with Gasteiger partial charge in [-0.2, -0.15) is 4.98 Å². The van der Waals surface area contributed by atoms with Crippen molar-refractivity contribution in [1.29, 1.82) is 0 Å². The summed E-state index contributed by atoms with van der Waals surface area (Å²) in [5, 5.41) is 0.661. The van der Waals surface area contributed by atoms with Crippen molar-refractivity contribution in [2.24, 2.45) is 0 Å². The quantitative estimate of drug-likeness (QED) is 0.659. The predicted molar refractivity (Wildman–Crippen MR) is 73.2 cm³/mol. The van der Waals surface area contributed by atoms with E-state index in [1.54, 1.807) is 6.07 Å². The topological polar surface area (TPSA) is 100 Å². The highest BCUT2D eigenvalue weighted by Gasteiger charge is 2.09. The van der Waals surface area contributed by atoms with E-state index in [4.69, 9.17) is 17.3 Å². The Morgan fingerprint density at radius 1 is 1.26 bits per heavy atom. The first-order valence-corrected chi connectivity index (χ1v) is 5.98. The number of fused-ring (bicyclic) bond motifs is 1. The van der Waals surface area contributed by atoms with E-state index in [0.29, 0.717) is 28.4 Å². The van der Waals surface area contributed by atoms with Crippen LogP contribution >= 0.6 is 11.6 Å². The lowest BCUT2D eigenvalue weighted by Crippen LogP contribution is -2.10. The van der Waals surface area contributed by atoms with E-state index in [1.807, 2.05) is 18.2 Å². The minimum absolute atomic E-state index is 0.0540. The number of nitrogens with zero attached hydrogens (tertiary/aromatic N) is 2. The average molecular weight is 276 g/mol. The van der Waals surface area contributed by atoms with Crippen molar-refractivity contribution in [1.82, 2.24) is 19.9 Å². The molecule has 7 heteroatoms. The van der Waals surface area contributed by atoms with Crippen molar-refractivity contribution >= 4 is 28.7 Å². The summed E-state index contributed by atoms with van der Waals surface area (Å²) in [6.45, 7) is 0. The third-order valence-electron chi connectivity index (χ3n) is 2.69. The third-order valence-corrected chi connectivity index (χ3v) is 2.92. The van der Waals surface area contributed by atoms with Crippen LogP contribution in [0.25, 0.3) is 11.2 Å². The lowest BCUT2D eigenvalue weighted by atomic mass is 10.1. The van der Waals surface area contributed by atoms with Crippen molar-refractivity contribution in [3.05, 3.63) is 51.0 Å².